The number of amides is 1. The van der Waals surface area contributed by atoms with Crippen molar-refractivity contribution >= 4 is 68.1 Å². The second-order valence-electron chi connectivity index (χ2n) is 7.86. The molecule has 0 N–H and O–H groups in total. The van der Waals surface area contributed by atoms with Crippen molar-refractivity contribution in [2.24, 2.45) is 4.99 Å². The van der Waals surface area contributed by atoms with Gasteiger partial charge in [-0.2, -0.15) is 0 Å². The van der Waals surface area contributed by atoms with Crippen LogP contribution >= 0.6 is 39.3 Å². The van der Waals surface area contributed by atoms with Gasteiger partial charge in [0.2, 0.25) is 0 Å². The van der Waals surface area contributed by atoms with Gasteiger partial charge in [0.1, 0.15) is 6.61 Å². The number of benzene rings is 3. The highest BCUT2D eigenvalue weighted by atomic mass is 79.9. The molecule has 4 rings (SSSR count). The highest BCUT2D eigenvalue weighted by Crippen LogP contribution is 2.39. The number of ether oxygens (including phenoxy) is 3. The molecule has 1 fully saturated rings. The first-order valence-corrected chi connectivity index (χ1v) is 13.0. The summed E-state index contributed by atoms with van der Waals surface area (Å²) in [5.74, 6) is 0.430. The van der Waals surface area contributed by atoms with Gasteiger partial charge < -0.3 is 14.2 Å². The van der Waals surface area contributed by atoms with Gasteiger partial charge >= 0.3 is 5.97 Å². The Morgan fingerprint density at radius 1 is 1.14 bits per heavy atom. The number of halogens is 2. The second kappa shape index (κ2) is 11.9. The van der Waals surface area contributed by atoms with Crippen LogP contribution in [0.4, 0.5) is 5.69 Å². The molecule has 3 aromatic carbocycles. The summed E-state index contributed by atoms with van der Waals surface area (Å²) in [6, 6.07) is 17.8. The number of methoxy groups -OCH3 is 2. The van der Waals surface area contributed by atoms with Crippen molar-refractivity contribution in [2.75, 3.05) is 21.3 Å². The van der Waals surface area contributed by atoms with E-state index in [1.165, 1.54) is 23.8 Å². The largest absolute Gasteiger partial charge is 0.493 e. The Morgan fingerprint density at radius 3 is 2.59 bits per heavy atom. The normalized spacial score (nSPS) is 15.4. The molecule has 1 heterocycles. The van der Waals surface area contributed by atoms with E-state index in [9.17, 15) is 9.59 Å². The monoisotopic (exact) mass is 600 g/mol. The van der Waals surface area contributed by atoms with Crippen LogP contribution in [0.1, 0.15) is 21.5 Å². The molecule has 190 valence electrons. The number of likely N-dealkylation sites (N-methyl/N-ethyl adjacent to an activating group) is 1. The number of esters is 1. The Bertz CT molecular complexity index is 1410. The highest BCUT2D eigenvalue weighted by Gasteiger charge is 2.30. The Labute approximate surface area is 232 Å². The number of hydrogen-bond donors (Lipinski definition) is 0. The Balaban J connectivity index is 1.56. The lowest BCUT2D eigenvalue weighted by Gasteiger charge is -2.14. The molecule has 0 unspecified atom stereocenters. The SMILES string of the molecule is COC(=O)c1cccc(N=C2SC(=Cc3cc(Br)c(OCc4ccc(Cl)cc4)c(OC)c3)C(=O)N2C)c1. The van der Waals surface area contributed by atoms with Crippen LogP contribution < -0.4 is 9.47 Å². The Kier molecular flexibility index (Phi) is 8.58. The number of rotatable bonds is 7. The summed E-state index contributed by atoms with van der Waals surface area (Å²) < 4.78 is 17.0. The van der Waals surface area contributed by atoms with Gasteiger partial charge in [0.15, 0.2) is 16.7 Å². The summed E-state index contributed by atoms with van der Waals surface area (Å²) in [6.45, 7) is 0.336. The van der Waals surface area contributed by atoms with Crippen LogP contribution in [0.3, 0.4) is 0 Å². The van der Waals surface area contributed by atoms with Gasteiger partial charge in [0.25, 0.3) is 5.91 Å². The van der Waals surface area contributed by atoms with E-state index in [0.717, 1.165) is 11.1 Å². The summed E-state index contributed by atoms with van der Waals surface area (Å²) in [6.07, 6.45) is 1.77. The van der Waals surface area contributed by atoms with E-state index in [0.29, 0.717) is 48.9 Å². The van der Waals surface area contributed by atoms with Crippen LogP contribution in [0.25, 0.3) is 6.08 Å². The maximum atomic E-state index is 12.9. The number of hydrogen-bond acceptors (Lipinski definition) is 7. The van der Waals surface area contributed by atoms with Crippen LogP contribution in [0, 0.1) is 0 Å². The molecule has 0 atom stereocenters. The van der Waals surface area contributed by atoms with Crippen molar-refractivity contribution in [2.45, 2.75) is 6.61 Å². The van der Waals surface area contributed by atoms with Crippen LogP contribution in [-0.2, 0) is 16.1 Å². The molecule has 10 heteroatoms. The molecule has 3 aromatic rings. The van der Waals surface area contributed by atoms with Gasteiger partial charge in [0.05, 0.1) is 34.8 Å². The summed E-state index contributed by atoms with van der Waals surface area (Å²) >= 11 is 10.8. The molecule has 0 saturated carbocycles. The predicted molar refractivity (Wildman–Crippen MR) is 150 cm³/mol. The van der Waals surface area contributed by atoms with Crippen LogP contribution in [-0.4, -0.2) is 43.2 Å². The average molecular weight is 602 g/mol. The van der Waals surface area contributed by atoms with E-state index in [-0.39, 0.29) is 5.91 Å². The fourth-order valence-corrected chi connectivity index (χ4v) is 5.12. The topological polar surface area (TPSA) is 77.4 Å². The first kappa shape index (κ1) is 26.8. The van der Waals surface area contributed by atoms with Crippen LogP contribution in [0.5, 0.6) is 11.5 Å². The lowest BCUT2D eigenvalue weighted by molar-refractivity contribution is -0.121. The first-order valence-electron chi connectivity index (χ1n) is 11.0. The molecule has 37 heavy (non-hydrogen) atoms. The van der Waals surface area contributed by atoms with Gasteiger partial charge in [0, 0.05) is 12.1 Å². The maximum Gasteiger partial charge on any atom is 0.337 e. The van der Waals surface area contributed by atoms with Crippen molar-refractivity contribution in [1.29, 1.82) is 0 Å². The summed E-state index contributed by atoms with van der Waals surface area (Å²) in [5, 5.41) is 1.15. The molecule has 0 bridgehead atoms. The lowest BCUT2D eigenvalue weighted by Crippen LogP contribution is -2.23. The van der Waals surface area contributed by atoms with Crippen molar-refractivity contribution < 1.29 is 23.8 Å². The quantitative estimate of drug-likeness (QED) is 0.221. The van der Waals surface area contributed by atoms with Crippen molar-refractivity contribution in [3.63, 3.8) is 0 Å². The van der Waals surface area contributed by atoms with Gasteiger partial charge in [-0.05, 0) is 87.4 Å². The Morgan fingerprint density at radius 2 is 1.89 bits per heavy atom. The lowest BCUT2D eigenvalue weighted by atomic mass is 10.1. The van der Waals surface area contributed by atoms with E-state index in [1.807, 2.05) is 30.3 Å². The molecule has 1 aliphatic rings. The second-order valence-corrected chi connectivity index (χ2v) is 10.2. The number of aliphatic imine (C=N–C) groups is 1. The van der Waals surface area contributed by atoms with E-state index >= 15 is 0 Å². The number of carbonyl (C=O) groups excluding carboxylic acids is 2. The minimum Gasteiger partial charge on any atom is -0.493 e. The number of nitrogens with zero attached hydrogens (tertiary/aromatic N) is 2. The van der Waals surface area contributed by atoms with Gasteiger partial charge in [-0.1, -0.05) is 29.8 Å². The van der Waals surface area contributed by atoms with Gasteiger partial charge in [-0.3, -0.25) is 9.69 Å². The minimum absolute atomic E-state index is 0.189. The molecule has 0 spiro atoms. The summed E-state index contributed by atoms with van der Waals surface area (Å²) in [5.41, 5.74) is 2.63. The molecule has 0 aliphatic carbocycles. The van der Waals surface area contributed by atoms with Crippen LogP contribution in [0.2, 0.25) is 5.02 Å². The van der Waals surface area contributed by atoms with Crippen molar-refractivity contribution in [1.82, 2.24) is 4.90 Å². The van der Waals surface area contributed by atoms with E-state index < -0.39 is 5.97 Å². The summed E-state index contributed by atoms with van der Waals surface area (Å²) in [4.78, 5) is 31.3. The third-order valence-corrected chi connectivity index (χ3v) is 7.24. The zero-order valence-electron chi connectivity index (χ0n) is 20.2. The third kappa shape index (κ3) is 6.36. The smallest absolute Gasteiger partial charge is 0.337 e. The molecule has 0 aromatic heterocycles. The fraction of sp³-hybridized carbons (Fsp3) is 0.148. The first-order chi connectivity index (χ1) is 17.8. The molecule has 1 amide bonds. The average Bonchev–Trinajstić information content (AvgIpc) is 3.15. The standard InChI is InChI=1S/C27H22BrClN2O5S/c1-31-25(32)23(37-27(31)30-20-6-4-5-18(14-20)26(33)35-3)13-17-11-21(28)24(22(12-17)34-2)36-15-16-7-9-19(29)10-8-16/h4-14H,15H2,1-3H3. The number of carbonyl (C=O) groups is 2. The highest BCUT2D eigenvalue weighted by molar-refractivity contribution is 9.10. The van der Waals surface area contributed by atoms with Gasteiger partial charge in [-0.15, -0.1) is 0 Å². The molecular weight excluding hydrogens is 580 g/mol. The molecule has 0 radical (unpaired) electrons. The zero-order valence-corrected chi connectivity index (χ0v) is 23.3. The molecular formula is C27H22BrClN2O5S. The molecule has 1 saturated heterocycles. The Hall–Kier alpha value is -3.27. The number of thioether (sulfide) groups is 1. The third-order valence-electron chi connectivity index (χ3n) is 5.34. The zero-order chi connectivity index (χ0) is 26.5. The molecule has 7 nitrogen and oxygen atoms in total. The van der Waals surface area contributed by atoms with Crippen molar-refractivity contribution in [3.8, 4) is 11.5 Å². The maximum absolute atomic E-state index is 12.9. The van der Waals surface area contributed by atoms with Crippen molar-refractivity contribution in [3.05, 3.63) is 91.8 Å². The number of amidine groups is 1. The predicted octanol–water partition coefficient (Wildman–Crippen LogP) is 6.71. The fourth-order valence-electron chi connectivity index (χ4n) is 3.43. The molecule has 1 aliphatic heterocycles. The van der Waals surface area contributed by atoms with Gasteiger partial charge in [-0.25, -0.2) is 9.79 Å². The summed E-state index contributed by atoms with van der Waals surface area (Å²) in [7, 11) is 4.54. The van der Waals surface area contributed by atoms with E-state index in [4.69, 9.17) is 25.8 Å². The van der Waals surface area contributed by atoms with Crippen LogP contribution in [0.15, 0.2) is 75.0 Å². The minimum atomic E-state index is -0.453. The van der Waals surface area contributed by atoms with E-state index in [2.05, 4.69) is 20.9 Å². The van der Waals surface area contributed by atoms with E-state index in [1.54, 1.807) is 50.6 Å².